The zero-order chi connectivity index (χ0) is 15.6. The number of hydrogen-bond acceptors (Lipinski definition) is 2. The normalized spacial score (nSPS) is 12.5. The predicted octanol–water partition coefficient (Wildman–Crippen LogP) is 4.55. The molecule has 0 bridgehead atoms. The van der Waals surface area contributed by atoms with Gasteiger partial charge in [-0.3, -0.25) is 11.3 Å². The Morgan fingerprint density at radius 2 is 1.81 bits per heavy atom. The number of rotatable bonds is 4. The highest BCUT2D eigenvalue weighted by Crippen LogP contribution is 2.28. The van der Waals surface area contributed by atoms with Crippen LogP contribution in [0.2, 0.25) is 0 Å². The van der Waals surface area contributed by atoms with E-state index in [1.807, 2.05) is 25.1 Å². The van der Waals surface area contributed by atoms with E-state index in [1.54, 1.807) is 0 Å². The minimum absolute atomic E-state index is 0.00731. The average molecular weight is 420 g/mol. The molecule has 2 rings (SSSR count). The van der Waals surface area contributed by atoms with Gasteiger partial charge in [-0.2, -0.15) is 0 Å². The summed E-state index contributed by atoms with van der Waals surface area (Å²) in [6.07, 6.45) is 0.120. The summed E-state index contributed by atoms with van der Waals surface area (Å²) in [5, 5.41) is 0. The van der Waals surface area contributed by atoms with Gasteiger partial charge in [0.05, 0.1) is 10.5 Å². The van der Waals surface area contributed by atoms with Crippen molar-refractivity contribution < 1.29 is 8.78 Å². The highest BCUT2D eigenvalue weighted by molar-refractivity contribution is 9.10. The molecule has 0 saturated carbocycles. The second-order valence-corrected chi connectivity index (χ2v) is 6.46. The summed E-state index contributed by atoms with van der Waals surface area (Å²) in [4.78, 5) is 0. The SMILES string of the molecule is Cc1cc(C(Cc2c(F)ccc(Br)c2F)NN)ccc1Br. The molecule has 21 heavy (non-hydrogen) atoms. The highest BCUT2D eigenvalue weighted by atomic mass is 79.9. The molecule has 1 atom stereocenters. The van der Waals surface area contributed by atoms with Gasteiger partial charge >= 0.3 is 0 Å². The minimum atomic E-state index is -0.593. The smallest absolute Gasteiger partial charge is 0.143 e. The molecule has 1 unspecified atom stereocenters. The van der Waals surface area contributed by atoms with Gasteiger partial charge in [0.25, 0.3) is 0 Å². The van der Waals surface area contributed by atoms with Crippen LogP contribution in [0.1, 0.15) is 22.7 Å². The quantitative estimate of drug-likeness (QED) is 0.433. The lowest BCUT2D eigenvalue weighted by molar-refractivity contribution is 0.497. The van der Waals surface area contributed by atoms with Gasteiger partial charge in [0.1, 0.15) is 11.6 Å². The Bertz CT molecular complexity index is 662. The van der Waals surface area contributed by atoms with Gasteiger partial charge in [0.15, 0.2) is 0 Å². The first kappa shape index (κ1) is 16.5. The molecular weight excluding hydrogens is 406 g/mol. The summed E-state index contributed by atoms with van der Waals surface area (Å²) in [6, 6.07) is 7.90. The third kappa shape index (κ3) is 3.69. The summed E-state index contributed by atoms with van der Waals surface area (Å²) in [6.45, 7) is 1.95. The van der Waals surface area contributed by atoms with Crippen LogP contribution in [0.15, 0.2) is 39.3 Å². The Balaban J connectivity index is 2.35. The molecule has 0 fully saturated rings. The number of nitrogens with two attached hydrogens (primary N) is 1. The van der Waals surface area contributed by atoms with E-state index in [2.05, 4.69) is 37.3 Å². The molecule has 3 N–H and O–H groups in total. The molecule has 6 heteroatoms. The molecule has 112 valence electrons. The van der Waals surface area contributed by atoms with E-state index in [0.717, 1.165) is 15.6 Å². The van der Waals surface area contributed by atoms with Crippen LogP contribution in [-0.4, -0.2) is 0 Å². The summed E-state index contributed by atoms with van der Waals surface area (Å²) < 4.78 is 29.1. The Hall–Kier alpha value is -0.820. The van der Waals surface area contributed by atoms with E-state index in [9.17, 15) is 8.78 Å². The van der Waals surface area contributed by atoms with Crippen molar-refractivity contribution in [2.24, 2.45) is 5.84 Å². The standard InChI is InChI=1S/C15H14Br2F2N2/c1-8-6-9(2-3-11(8)16)14(21-20)7-10-13(18)5-4-12(17)15(10)19/h2-6,14,21H,7,20H2,1H3. The summed E-state index contributed by atoms with van der Waals surface area (Å²) in [5.41, 5.74) is 4.53. The largest absolute Gasteiger partial charge is 0.271 e. The molecule has 2 aromatic rings. The van der Waals surface area contributed by atoms with E-state index in [4.69, 9.17) is 5.84 Å². The summed E-state index contributed by atoms with van der Waals surface area (Å²) in [7, 11) is 0. The zero-order valence-electron chi connectivity index (χ0n) is 11.3. The third-order valence-corrected chi connectivity index (χ3v) is 4.83. The summed E-state index contributed by atoms with van der Waals surface area (Å²) >= 11 is 6.49. The van der Waals surface area contributed by atoms with Crippen molar-refractivity contribution in [3.05, 3.63) is 67.6 Å². The van der Waals surface area contributed by atoms with E-state index in [0.29, 0.717) is 0 Å². The maximum atomic E-state index is 14.1. The average Bonchev–Trinajstić information content (AvgIpc) is 2.47. The van der Waals surface area contributed by atoms with E-state index >= 15 is 0 Å². The fourth-order valence-corrected chi connectivity index (χ4v) is 2.74. The lowest BCUT2D eigenvalue weighted by atomic mass is 9.97. The number of nitrogens with one attached hydrogen (secondary N) is 1. The van der Waals surface area contributed by atoms with Crippen molar-refractivity contribution in [2.75, 3.05) is 0 Å². The van der Waals surface area contributed by atoms with Crippen LogP contribution in [0.3, 0.4) is 0 Å². The highest BCUT2D eigenvalue weighted by Gasteiger charge is 2.18. The van der Waals surface area contributed by atoms with Crippen molar-refractivity contribution in [3.8, 4) is 0 Å². The summed E-state index contributed by atoms with van der Waals surface area (Å²) in [5.74, 6) is 4.39. The van der Waals surface area contributed by atoms with Gasteiger partial charge in [-0.15, -0.1) is 0 Å². The molecular formula is C15H14Br2F2N2. The molecule has 0 heterocycles. The van der Waals surface area contributed by atoms with E-state index < -0.39 is 11.6 Å². The van der Waals surface area contributed by atoms with Crippen LogP contribution in [0.25, 0.3) is 0 Å². The fourth-order valence-electron chi connectivity index (χ4n) is 2.12. The van der Waals surface area contributed by atoms with Crippen LogP contribution in [0.4, 0.5) is 8.78 Å². The van der Waals surface area contributed by atoms with Crippen molar-refractivity contribution in [3.63, 3.8) is 0 Å². The maximum absolute atomic E-state index is 14.1. The Kier molecular flexibility index (Phi) is 5.48. The molecule has 0 saturated heterocycles. The number of benzene rings is 2. The molecule has 0 aliphatic carbocycles. The Morgan fingerprint density at radius 1 is 1.14 bits per heavy atom. The predicted molar refractivity (Wildman–Crippen MR) is 86.7 cm³/mol. The molecule has 0 aliphatic rings. The lowest BCUT2D eigenvalue weighted by Crippen LogP contribution is -2.30. The third-order valence-electron chi connectivity index (χ3n) is 3.33. The van der Waals surface area contributed by atoms with Crippen molar-refractivity contribution in [1.82, 2.24) is 5.43 Å². The number of halogens is 4. The fraction of sp³-hybridized carbons (Fsp3) is 0.200. The van der Waals surface area contributed by atoms with Crippen LogP contribution >= 0.6 is 31.9 Å². The van der Waals surface area contributed by atoms with Gasteiger partial charge in [0, 0.05) is 10.0 Å². The van der Waals surface area contributed by atoms with E-state index in [1.165, 1.54) is 12.1 Å². The van der Waals surface area contributed by atoms with Crippen LogP contribution in [-0.2, 0) is 6.42 Å². The van der Waals surface area contributed by atoms with Crippen molar-refractivity contribution >= 4 is 31.9 Å². The first-order valence-electron chi connectivity index (χ1n) is 6.28. The van der Waals surface area contributed by atoms with Gasteiger partial charge in [-0.1, -0.05) is 28.1 Å². The van der Waals surface area contributed by atoms with Crippen LogP contribution in [0, 0.1) is 18.6 Å². The lowest BCUT2D eigenvalue weighted by Gasteiger charge is -2.18. The van der Waals surface area contributed by atoms with Crippen LogP contribution < -0.4 is 11.3 Å². The first-order valence-corrected chi connectivity index (χ1v) is 7.87. The number of aryl methyl sites for hydroxylation is 1. The molecule has 0 aromatic heterocycles. The van der Waals surface area contributed by atoms with Gasteiger partial charge in [0.2, 0.25) is 0 Å². The maximum Gasteiger partial charge on any atom is 0.143 e. The minimum Gasteiger partial charge on any atom is -0.271 e. The van der Waals surface area contributed by atoms with Crippen LogP contribution in [0.5, 0.6) is 0 Å². The molecule has 0 radical (unpaired) electrons. The topological polar surface area (TPSA) is 38.0 Å². The van der Waals surface area contributed by atoms with Gasteiger partial charge < -0.3 is 0 Å². The molecule has 0 aliphatic heterocycles. The van der Waals surface area contributed by atoms with Crippen molar-refractivity contribution in [1.29, 1.82) is 0 Å². The van der Waals surface area contributed by atoms with Gasteiger partial charge in [-0.25, -0.2) is 8.78 Å². The Morgan fingerprint density at radius 3 is 2.43 bits per heavy atom. The van der Waals surface area contributed by atoms with E-state index in [-0.39, 0.29) is 22.5 Å². The molecule has 2 aromatic carbocycles. The zero-order valence-corrected chi connectivity index (χ0v) is 14.4. The number of hydrogen-bond donors (Lipinski definition) is 2. The second kappa shape index (κ2) is 6.96. The van der Waals surface area contributed by atoms with Crippen molar-refractivity contribution in [2.45, 2.75) is 19.4 Å². The molecule has 0 amide bonds. The first-order chi connectivity index (χ1) is 9.93. The Labute approximate surface area is 139 Å². The second-order valence-electron chi connectivity index (χ2n) is 4.75. The monoisotopic (exact) mass is 418 g/mol. The molecule has 0 spiro atoms. The van der Waals surface area contributed by atoms with Gasteiger partial charge in [-0.05, 0) is 58.6 Å². The molecule has 2 nitrogen and oxygen atoms in total. The number of hydrazine groups is 1.